The van der Waals surface area contributed by atoms with E-state index in [4.69, 9.17) is 12.2 Å². The molecular weight excluding hydrogens is 325 g/mol. The van der Waals surface area contributed by atoms with Crippen molar-refractivity contribution in [1.82, 2.24) is 10.9 Å². The van der Waals surface area contributed by atoms with Crippen LogP contribution in [-0.4, -0.2) is 11.0 Å². The fraction of sp³-hybridized carbons (Fsp3) is 0.222. The number of amides is 1. The lowest BCUT2D eigenvalue weighted by Crippen LogP contribution is -2.44. The number of hydrogen-bond donors (Lipinski definition) is 3. The zero-order valence-electron chi connectivity index (χ0n) is 13.7. The zero-order chi connectivity index (χ0) is 17.5. The highest BCUT2D eigenvalue weighted by Crippen LogP contribution is 2.20. The first kappa shape index (κ1) is 17.9. The van der Waals surface area contributed by atoms with Crippen LogP contribution in [0, 0.1) is 12.7 Å². The van der Waals surface area contributed by atoms with Gasteiger partial charge in [-0.05, 0) is 48.3 Å². The van der Waals surface area contributed by atoms with Crippen molar-refractivity contribution in [2.24, 2.45) is 0 Å². The van der Waals surface area contributed by atoms with Gasteiger partial charge in [-0.1, -0.05) is 43.3 Å². The van der Waals surface area contributed by atoms with Crippen LogP contribution in [0.5, 0.6) is 0 Å². The first-order valence-electron chi connectivity index (χ1n) is 7.69. The van der Waals surface area contributed by atoms with Crippen LogP contribution in [-0.2, 0) is 17.6 Å². The van der Waals surface area contributed by atoms with Crippen LogP contribution in [0.25, 0.3) is 0 Å². The van der Waals surface area contributed by atoms with E-state index in [9.17, 15) is 9.18 Å². The summed E-state index contributed by atoms with van der Waals surface area (Å²) < 4.78 is 13.5. The molecule has 6 heteroatoms. The number of para-hydroxylation sites is 1. The number of rotatable bonds is 4. The number of anilines is 1. The van der Waals surface area contributed by atoms with Gasteiger partial charge >= 0.3 is 0 Å². The summed E-state index contributed by atoms with van der Waals surface area (Å²) in [6.45, 7) is 4.05. The van der Waals surface area contributed by atoms with Gasteiger partial charge in [0, 0.05) is 5.69 Å². The van der Waals surface area contributed by atoms with Crippen molar-refractivity contribution in [3.8, 4) is 0 Å². The van der Waals surface area contributed by atoms with Gasteiger partial charge in [0.15, 0.2) is 5.11 Å². The molecule has 3 N–H and O–H groups in total. The fourth-order valence-corrected chi connectivity index (χ4v) is 2.49. The summed E-state index contributed by atoms with van der Waals surface area (Å²) in [6, 6.07) is 12.2. The molecule has 24 heavy (non-hydrogen) atoms. The van der Waals surface area contributed by atoms with Gasteiger partial charge in [-0.15, -0.1) is 0 Å². The normalized spacial score (nSPS) is 10.1. The third-order valence-corrected chi connectivity index (χ3v) is 3.81. The maximum Gasteiger partial charge on any atom is 0.242 e. The molecule has 2 aromatic carbocycles. The van der Waals surface area contributed by atoms with Crippen LogP contribution in [0.3, 0.4) is 0 Å². The van der Waals surface area contributed by atoms with E-state index in [0.717, 1.165) is 23.2 Å². The highest BCUT2D eigenvalue weighted by Gasteiger charge is 2.09. The Labute approximate surface area is 146 Å². The Kier molecular flexibility index (Phi) is 6.26. The number of hydrogen-bond acceptors (Lipinski definition) is 2. The monoisotopic (exact) mass is 345 g/mol. The van der Waals surface area contributed by atoms with E-state index in [0.29, 0.717) is 5.56 Å². The third kappa shape index (κ3) is 4.76. The number of carbonyl (C=O) groups is 1. The van der Waals surface area contributed by atoms with E-state index in [1.807, 2.05) is 25.1 Å². The molecule has 0 unspecified atom stereocenters. The number of nitrogens with one attached hydrogen (secondary N) is 3. The maximum absolute atomic E-state index is 13.5. The lowest BCUT2D eigenvalue weighted by Gasteiger charge is -2.16. The summed E-state index contributed by atoms with van der Waals surface area (Å²) in [6.07, 6.45) is 0.805. The number of halogens is 1. The molecule has 0 aliphatic carbocycles. The highest BCUT2D eigenvalue weighted by molar-refractivity contribution is 7.80. The van der Waals surface area contributed by atoms with Gasteiger partial charge in [0.1, 0.15) is 5.82 Å². The predicted octanol–water partition coefficient (Wildman–Crippen LogP) is 3.26. The van der Waals surface area contributed by atoms with E-state index in [2.05, 4.69) is 23.1 Å². The van der Waals surface area contributed by atoms with Crippen molar-refractivity contribution >= 4 is 28.9 Å². The van der Waals surface area contributed by atoms with Crippen molar-refractivity contribution in [2.45, 2.75) is 26.7 Å². The van der Waals surface area contributed by atoms with Crippen LogP contribution in [0.2, 0.25) is 0 Å². The molecule has 2 aromatic rings. The van der Waals surface area contributed by atoms with Gasteiger partial charge in [0.25, 0.3) is 0 Å². The summed E-state index contributed by atoms with van der Waals surface area (Å²) in [5.74, 6) is -0.773. The molecule has 2 rings (SSSR count). The highest BCUT2D eigenvalue weighted by atomic mass is 32.1. The minimum Gasteiger partial charge on any atom is -0.331 e. The van der Waals surface area contributed by atoms with Crippen molar-refractivity contribution in [2.75, 3.05) is 5.32 Å². The van der Waals surface area contributed by atoms with Crippen LogP contribution >= 0.6 is 12.2 Å². The second kappa shape index (κ2) is 8.40. The SMILES string of the molecule is CCc1cccc(C)c1NC(=S)NNC(=O)Cc1ccccc1F. The second-order valence-corrected chi connectivity index (χ2v) is 5.77. The Hall–Kier alpha value is -2.47. The number of hydrazine groups is 1. The van der Waals surface area contributed by atoms with Crippen LogP contribution < -0.4 is 16.2 Å². The average molecular weight is 345 g/mol. The summed E-state index contributed by atoms with van der Waals surface area (Å²) in [5, 5.41) is 3.37. The Morgan fingerprint density at radius 1 is 1.08 bits per heavy atom. The minimum atomic E-state index is -0.402. The predicted molar refractivity (Wildman–Crippen MR) is 98.2 cm³/mol. The van der Waals surface area contributed by atoms with Gasteiger partial charge < -0.3 is 5.32 Å². The fourth-order valence-electron chi connectivity index (χ4n) is 2.33. The maximum atomic E-state index is 13.5. The van der Waals surface area contributed by atoms with Gasteiger partial charge in [-0.25, -0.2) is 4.39 Å². The molecule has 0 aliphatic rings. The van der Waals surface area contributed by atoms with E-state index in [-0.39, 0.29) is 17.4 Å². The number of benzene rings is 2. The summed E-state index contributed by atoms with van der Waals surface area (Å²) in [4.78, 5) is 11.9. The van der Waals surface area contributed by atoms with E-state index >= 15 is 0 Å². The molecule has 0 aromatic heterocycles. The Morgan fingerprint density at radius 3 is 2.50 bits per heavy atom. The second-order valence-electron chi connectivity index (χ2n) is 5.36. The lowest BCUT2D eigenvalue weighted by atomic mass is 10.1. The molecule has 0 saturated heterocycles. The zero-order valence-corrected chi connectivity index (χ0v) is 14.5. The average Bonchev–Trinajstić information content (AvgIpc) is 2.57. The Balaban J connectivity index is 1.90. The van der Waals surface area contributed by atoms with Crippen LogP contribution in [0.1, 0.15) is 23.6 Å². The molecular formula is C18H20FN3OS. The van der Waals surface area contributed by atoms with Gasteiger partial charge in [0.2, 0.25) is 5.91 Å². The summed E-state index contributed by atoms with van der Waals surface area (Å²) >= 11 is 5.20. The van der Waals surface area contributed by atoms with Crippen molar-refractivity contribution in [1.29, 1.82) is 0 Å². The molecule has 0 saturated carbocycles. The quantitative estimate of drug-likeness (QED) is 0.588. The summed E-state index contributed by atoms with van der Waals surface area (Å²) in [7, 11) is 0. The third-order valence-electron chi connectivity index (χ3n) is 3.60. The number of carbonyl (C=O) groups excluding carboxylic acids is 1. The first-order valence-corrected chi connectivity index (χ1v) is 8.09. The molecule has 0 atom stereocenters. The molecule has 0 aliphatic heterocycles. The number of thiocarbonyl (C=S) groups is 1. The van der Waals surface area contributed by atoms with E-state index < -0.39 is 5.82 Å². The summed E-state index contributed by atoms with van der Waals surface area (Å²) in [5.41, 5.74) is 8.59. The Morgan fingerprint density at radius 2 is 1.79 bits per heavy atom. The minimum absolute atomic E-state index is 0.0626. The molecule has 0 bridgehead atoms. The van der Waals surface area contributed by atoms with Crippen LogP contribution in [0.15, 0.2) is 42.5 Å². The van der Waals surface area contributed by atoms with Gasteiger partial charge in [-0.3, -0.25) is 15.6 Å². The topological polar surface area (TPSA) is 53.2 Å². The van der Waals surface area contributed by atoms with Crippen molar-refractivity contribution in [3.63, 3.8) is 0 Å². The number of aryl methyl sites for hydroxylation is 2. The van der Waals surface area contributed by atoms with Crippen molar-refractivity contribution in [3.05, 3.63) is 65.0 Å². The molecule has 126 valence electrons. The van der Waals surface area contributed by atoms with Crippen LogP contribution in [0.4, 0.5) is 10.1 Å². The Bertz CT molecular complexity index is 749. The lowest BCUT2D eigenvalue weighted by molar-refractivity contribution is -0.121. The molecule has 0 spiro atoms. The molecule has 0 radical (unpaired) electrons. The van der Waals surface area contributed by atoms with E-state index in [1.54, 1.807) is 18.2 Å². The van der Waals surface area contributed by atoms with Crippen molar-refractivity contribution < 1.29 is 9.18 Å². The van der Waals surface area contributed by atoms with E-state index in [1.165, 1.54) is 6.07 Å². The molecule has 1 amide bonds. The molecule has 0 fully saturated rings. The first-order chi connectivity index (χ1) is 11.5. The molecule has 4 nitrogen and oxygen atoms in total. The largest absolute Gasteiger partial charge is 0.331 e. The van der Waals surface area contributed by atoms with Gasteiger partial charge in [-0.2, -0.15) is 0 Å². The smallest absolute Gasteiger partial charge is 0.242 e. The van der Waals surface area contributed by atoms with Gasteiger partial charge in [0.05, 0.1) is 6.42 Å². The standard InChI is InChI=1S/C18H20FN3OS/c1-3-13-9-6-7-12(2)17(13)20-18(24)22-21-16(23)11-14-8-4-5-10-15(14)19/h4-10H,3,11H2,1-2H3,(H,21,23)(H2,20,22,24). The molecule has 0 heterocycles.